The number of hydrogen-bond donors (Lipinski definition) is 1. The van der Waals surface area contributed by atoms with Crippen molar-refractivity contribution in [3.63, 3.8) is 0 Å². The number of halogens is 1. The summed E-state index contributed by atoms with van der Waals surface area (Å²) >= 11 is 3.51. The summed E-state index contributed by atoms with van der Waals surface area (Å²) < 4.78 is 0.989. The molecule has 6 heteroatoms. The van der Waals surface area contributed by atoms with Gasteiger partial charge < -0.3 is 5.32 Å². The van der Waals surface area contributed by atoms with Crippen molar-refractivity contribution in [3.05, 3.63) is 69.7 Å². The summed E-state index contributed by atoms with van der Waals surface area (Å²) in [6.45, 7) is 3.95. The quantitative estimate of drug-likeness (QED) is 0.492. The van der Waals surface area contributed by atoms with Gasteiger partial charge in [0.15, 0.2) is 0 Å². The highest BCUT2D eigenvalue weighted by Crippen LogP contribution is 2.65. The number of carbonyl (C=O) groups is 3. The van der Waals surface area contributed by atoms with E-state index >= 15 is 0 Å². The van der Waals surface area contributed by atoms with Crippen molar-refractivity contribution in [1.82, 2.24) is 0 Å². The van der Waals surface area contributed by atoms with Crippen LogP contribution in [0.3, 0.4) is 0 Å². The number of hydrogen-bond acceptors (Lipinski definition) is 3. The van der Waals surface area contributed by atoms with E-state index in [2.05, 4.69) is 33.4 Å². The summed E-state index contributed by atoms with van der Waals surface area (Å²) in [5.41, 5.74) is 3.69. The average molecular weight is 491 g/mol. The lowest BCUT2D eigenvalue weighted by Gasteiger charge is -2.37. The number of nitrogens with zero attached hydrogens (tertiary/aromatic N) is 1. The first-order valence-corrected chi connectivity index (χ1v) is 11.9. The smallest absolute Gasteiger partial charge is 0.255 e. The fourth-order valence-electron chi connectivity index (χ4n) is 6.12. The van der Waals surface area contributed by atoms with E-state index in [1.165, 1.54) is 4.90 Å². The van der Waals surface area contributed by atoms with Gasteiger partial charge >= 0.3 is 0 Å². The fourth-order valence-corrected chi connectivity index (χ4v) is 6.54. The number of carbonyl (C=O) groups excluding carboxylic acids is 3. The lowest BCUT2D eigenvalue weighted by Crippen LogP contribution is -2.40. The van der Waals surface area contributed by atoms with E-state index in [0.29, 0.717) is 23.1 Å². The minimum atomic E-state index is -0.267. The van der Waals surface area contributed by atoms with Crippen LogP contribution in [0.5, 0.6) is 0 Å². The second kappa shape index (κ2) is 6.88. The highest BCUT2D eigenvalue weighted by atomic mass is 79.9. The summed E-state index contributed by atoms with van der Waals surface area (Å²) in [5, 5.41) is 2.96. The molecule has 162 valence electrons. The van der Waals surface area contributed by atoms with E-state index in [1.54, 1.807) is 24.3 Å². The maximum Gasteiger partial charge on any atom is 0.255 e. The molecule has 0 spiro atoms. The van der Waals surface area contributed by atoms with Crippen LogP contribution in [-0.4, -0.2) is 17.7 Å². The molecule has 1 aliphatic heterocycles. The molecule has 5 nitrogen and oxygen atoms in total. The molecule has 2 aromatic rings. The van der Waals surface area contributed by atoms with E-state index in [9.17, 15) is 14.4 Å². The number of allylic oxidation sites excluding steroid dienone is 2. The number of rotatable bonds is 3. The van der Waals surface area contributed by atoms with E-state index in [4.69, 9.17) is 0 Å². The van der Waals surface area contributed by atoms with Crippen LogP contribution in [0.4, 0.5) is 11.4 Å². The SMILES string of the molecule is Cc1c(Br)ccc(NC(=O)c2cccc(N3C(=O)[C@@H]4[C@H]5C=C[C@@H]([C@@H]6C[C@H]56)[C@H]4C3=O)c2)c1C. The van der Waals surface area contributed by atoms with E-state index < -0.39 is 0 Å². The standard InChI is InChI=1S/C26H23BrN2O3/c1-12-13(2)21(9-8-20(12)27)28-24(30)14-4-3-5-15(10-14)29-25(31)22-16-6-7-17(19-11-18(16)19)23(22)26(29)32/h3-10,16-19,22-23H,11H2,1-2H3,(H,28,30)/t16-,17-,18-,19+,22+,23+/m0/s1. The maximum atomic E-state index is 13.4. The Bertz CT molecular complexity index is 1200. The zero-order valence-electron chi connectivity index (χ0n) is 17.8. The van der Waals surface area contributed by atoms with Crippen LogP contribution >= 0.6 is 15.9 Å². The monoisotopic (exact) mass is 490 g/mol. The number of imide groups is 1. The minimum Gasteiger partial charge on any atom is -0.322 e. The van der Waals surface area contributed by atoms with Crippen LogP contribution < -0.4 is 10.2 Å². The van der Waals surface area contributed by atoms with Crippen LogP contribution in [0.25, 0.3) is 0 Å². The Kier molecular flexibility index (Phi) is 4.28. The lowest BCUT2D eigenvalue weighted by atomic mass is 9.63. The Morgan fingerprint density at radius 2 is 1.62 bits per heavy atom. The molecule has 1 saturated heterocycles. The molecule has 3 fully saturated rings. The van der Waals surface area contributed by atoms with Gasteiger partial charge in [0.25, 0.3) is 5.91 Å². The van der Waals surface area contributed by atoms with Crippen molar-refractivity contribution in [2.45, 2.75) is 20.3 Å². The average Bonchev–Trinajstić information content (AvgIpc) is 3.57. The largest absolute Gasteiger partial charge is 0.322 e. The van der Waals surface area contributed by atoms with Crippen LogP contribution in [0.2, 0.25) is 0 Å². The van der Waals surface area contributed by atoms with Gasteiger partial charge in [0, 0.05) is 15.7 Å². The molecule has 1 N–H and O–H groups in total. The molecule has 2 saturated carbocycles. The second-order valence-electron chi connectivity index (χ2n) is 9.52. The molecular weight excluding hydrogens is 468 g/mol. The van der Waals surface area contributed by atoms with Gasteiger partial charge in [-0.25, -0.2) is 4.90 Å². The molecule has 2 aromatic carbocycles. The van der Waals surface area contributed by atoms with Gasteiger partial charge in [-0.05, 0) is 85.4 Å². The van der Waals surface area contributed by atoms with Crippen molar-refractivity contribution >= 4 is 45.0 Å². The third-order valence-corrected chi connectivity index (χ3v) is 8.86. The summed E-state index contributed by atoms with van der Waals surface area (Å²) in [6, 6.07) is 10.6. The first-order valence-electron chi connectivity index (χ1n) is 11.1. The van der Waals surface area contributed by atoms with Crippen LogP contribution in [0.1, 0.15) is 27.9 Å². The van der Waals surface area contributed by atoms with Gasteiger partial charge in [-0.3, -0.25) is 14.4 Å². The first-order chi connectivity index (χ1) is 15.4. The van der Waals surface area contributed by atoms with Crippen molar-refractivity contribution in [2.75, 3.05) is 10.2 Å². The number of benzene rings is 2. The van der Waals surface area contributed by atoms with Crippen LogP contribution in [0.15, 0.2) is 53.0 Å². The van der Waals surface area contributed by atoms with Crippen LogP contribution in [0, 0.1) is 49.4 Å². The fraction of sp³-hybridized carbons (Fsp3) is 0.346. The molecule has 3 amide bonds. The zero-order valence-corrected chi connectivity index (χ0v) is 19.4. The zero-order chi connectivity index (χ0) is 22.3. The number of amides is 3. The topological polar surface area (TPSA) is 66.5 Å². The Balaban J connectivity index is 1.28. The summed E-state index contributed by atoms with van der Waals surface area (Å²) in [6.07, 6.45) is 5.47. The van der Waals surface area contributed by atoms with E-state index in [1.807, 2.05) is 26.0 Å². The maximum absolute atomic E-state index is 13.4. The highest BCUT2D eigenvalue weighted by molar-refractivity contribution is 9.10. The van der Waals surface area contributed by atoms with Gasteiger partial charge in [0.2, 0.25) is 11.8 Å². The molecule has 0 unspecified atom stereocenters. The van der Waals surface area contributed by atoms with Crippen molar-refractivity contribution in [1.29, 1.82) is 0 Å². The van der Waals surface area contributed by atoms with Gasteiger partial charge in [-0.1, -0.05) is 34.1 Å². The lowest BCUT2D eigenvalue weighted by molar-refractivity contribution is -0.124. The summed E-state index contributed by atoms with van der Waals surface area (Å²) in [4.78, 5) is 41.0. The van der Waals surface area contributed by atoms with Gasteiger partial charge in [0.1, 0.15) is 0 Å². The highest BCUT2D eigenvalue weighted by Gasteiger charge is 2.67. The number of nitrogens with one attached hydrogen (secondary N) is 1. The third-order valence-electron chi connectivity index (χ3n) is 8.00. The molecule has 0 aromatic heterocycles. The number of anilines is 2. The molecule has 7 rings (SSSR count). The minimum absolute atomic E-state index is 0.110. The predicted molar refractivity (Wildman–Crippen MR) is 125 cm³/mol. The Morgan fingerprint density at radius 3 is 2.28 bits per heavy atom. The summed E-state index contributed by atoms with van der Waals surface area (Å²) in [7, 11) is 0. The van der Waals surface area contributed by atoms with Gasteiger partial charge in [-0.2, -0.15) is 0 Å². The molecule has 4 aliphatic carbocycles. The molecular formula is C26H23BrN2O3. The third kappa shape index (κ3) is 2.71. The first kappa shape index (κ1) is 19.9. The van der Waals surface area contributed by atoms with Crippen LogP contribution in [-0.2, 0) is 9.59 Å². The molecule has 2 bridgehead atoms. The Morgan fingerprint density at radius 1 is 0.969 bits per heavy atom. The van der Waals surface area contributed by atoms with Crippen molar-refractivity contribution in [3.8, 4) is 0 Å². The molecule has 1 heterocycles. The van der Waals surface area contributed by atoms with Crippen molar-refractivity contribution < 1.29 is 14.4 Å². The molecule has 6 atom stereocenters. The van der Waals surface area contributed by atoms with Crippen molar-refractivity contribution in [2.24, 2.45) is 35.5 Å². The van der Waals surface area contributed by atoms with E-state index in [-0.39, 0.29) is 41.4 Å². The Hall–Kier alpha value is -2.73. The molecule has 0 radical (unpaired) electrons. The van der Waals surface area contributed by atoms with Gasteiger partial charge in [0.05, 0.1) is 17.5 Å². The van der Waals surface area contributed by atoms with E-state index in [0.717, 1.165) is 27.7 Å². The Labute approximate surface area is 195 Å². The molecule has 5 aliphatic rings. The van der Waals surface area contributed by atoms with Gasteiger partial charge in [-0.15, -0.1) is 0 Å². The molecule has 32 heavy (non-hydrogen) atoms. The summed E-state index contributed by atoms with van der Waals surface area (Å²) in [5.74, 6) is 0.534. The second-order valence-corrected chi connectivity index (χ2v) is 10.4. The normalized spacial score (nSPS) is 31.5. The predicted octanol–water partition coefficient (Wildman–Crippen LogP) is 4.88.